The third kappa shape index (κ3) is 3.05. The fraction of sp³-hybridized carbons (Fsp3) is 0.182. The summed E-state index contributed by atoms with van der Waals surface area (Å²) in [7, 11) is 0. The van der Waals surface area contributed by atoms with Gasteiger partial charge in [-0.3, -0.25) is 18.8 Å². The van der Waals surface area contributed by atoms with E-state index in [1.807, 2.05) is 0 Å². The molecule has 21 heavy (non-hydrogen) atoms. The van der Waals surface area contributed by atoms with Gasteiger partial charge in [0, 0.05) is 17.8 Å². The summed E-state index contributed by atoms with van der Waals surface area (Å²) in [6.45, 7) is 0. The predicted molar refractivity (Wildman–Crippen MR) is 72.0 cm³/mol. The molecule has 0 radical (unpaired) electrons. The second-order valence-corrected chi connectivity index (χ2v) is 4.94. The average Bonchev–Trinajstić information content (AvgIpc) is 2.86. The smallest absolute Gasteiger partial charge is 0.326 e. The van der Waals surface area contributed by atoms with Crippen molar-refractivity contribution >= 4 is 34.1 Å². The number of aliphatic carboxylic acids is 1. The Labute approximate surface area is 121 Å². The maximum Gasteiger partial charge on any atom is 0.326 e. The van der Waals surface area contributed by atoms with Crippen LogP contribution in [-0.2, 0) is 9.59 Å². The molecule has 0 fully saturated rings. The summed E-state index contributed by atoms with van der Waals surface area (Å²) in [5.41, 5.74) is 3.96. The number of hydrogen-bond acceptors (Lipinski definition) is 6. The van der Waals surface area contributed by atoms with Crippen LogP contribution in [0, 0.1) is 0 Å². The number of thiazole rings is 1. The van der Waals surface area contributed by atoms with E-state index in [0.29, 0.717) is 4.96 Å². The van der Waals surface area contributed by atoms with Crippen LogP contribution in [0.15, 0.2) is 22.6 Å². The summed E-state index contributed by atoms with van der Waals surface area (Å²) < 4.78 is 1.17. The Bertz CT molecular complexity index is 780. The number of hydrogen-bond donors (Lipinski definition) is 3. The van der Waals surface area contributed by atoms with Crippen molar-refractivity contribution in [2.75, 3.05) is 0 Å². The first-order valence-corrected chi connectivity index (χ1v) is 6.55. The molecule has 10 heteroatoms. The highest BCUT2D eigenvalue weighted by Crippen LogP contribution is 2.06. The van der Waals surface area contributed by atoms with E-state index >= 15 is 0 Å². The van der Waals surface area contributed by atoms with Crippen LogP contribution in [0.5, 0.6) is 0 Å². The number of nitrogens with one attached hydrogen (secondary N) is 1. The summed E-state index contributed by atoms with van der Waals surface area (Å²) >= 11 is 1.21. The zero-order valence-electron chi connectivity index (χ0n) is 10.5. The maximum absolute atomic E-state index is 12.0. The molecule has 0 aliphatic heterocycles. The van der Waals surface area contributed by atoms with Crippen molar-refractivity contribution in [2.24, 2.45) is 5.73 Å². The predicted octanol–water partition coefficient (Wildman–Crippen LogP) is -1.19. The molecule has 2 amide bonds. The number of fused-ring (bicyclic) bond motifs is 1. The zero-order valence-corrected chi connectivity index (χ0v) is 11.3. The van der Waals surface area contributed by atoms with Gasteiger partial charge in [-0.25, -0.2) is 9.78 Å². The molecule has 2 aromatic heterocycles. The highest BCUT2D eigenvalue weighted by molar-refractivity contribution is 7.15. The van der Waals surface area contributed by atoms with Crippen molar-refractivity contribution in [3.63, 3.8) is 0 Å². The van der Waals surface area contributed by atoms with Crippen molar-refractivity contribution in [1.29, 1.82) is 0 Å². The van der Waals surface area contributed by atoms with Crippen LogP contribution in [0.2, 0.25) is 0 Å². The molecule has 4 N–H and O–H groups in total. The maximum atomic E-state index is 12.0. The standard InChI is InChI=1S/C11H10N4O5S/c12-7(16)3-6(10(19)20)14-8(17)5-4-13-11-15(9(5)18)1-2-21-11/h1-2,4,6H,3H2,(H2,12,16)(H,14,17)(H,19,20)/t6-/m1/s1. The summed E-state index contributed by atoms with van der Waals surface area (Å²) in [5, 5.41) is 12.6. The molecule has 9 nitrogen and oxygen atoms in total. The summed E-state index contributed by atoms with van der Waals surface area (Å²) in [6, 6.07) is -1.50. The number of carbonyl (C=O) groups is 3. The van der Waals surface area contributed by atoms with Gasteiger partial charge in [0.1, 0.15) is 11.6 Å². The molecule has 0 spiro atoms. The van der Waals surface area contributed by atoms with E-state index in [2.05, 4.69) is 10.3 Å². The second-order valence-electron chi connectivity index (χ2n) is 4.07. The van der Waals surface area contributed by atoms with Gasteiger partial charge in [0.2, 0.25) is 5.91 Å². The zero-order chi connectivity index (χ0) is 15.6. The molecule has 0 aromatic carbocycles. The van der Waals surface area contributed by atoms with E-state index in [1.165, 1.54) is 21.9 Å². The highest BCUT2D eigenvalue weighted by atomic mass is 32.1. The number of rotatable bonds is 5. The van der Waals surface area contributed by atoms with Crippen molar-refractivity contribution in [3.8, 4) is 0 Å². The van der Waals surface area contributed by atoms with Gasteiger partial charge in [0.15, 0.2) is 4.96 Å². The lowest BCUT2D eigenvalue weighted by molar-refractivity contribution is -0.140. The minimum Gasteiger partial charge on any atom is -0.480 e. The van der Waals surface area contributed by atoms with Crippen LogP contribution in [-0.4, -0.2) is 38.3 Å². The van der Waals surface area contributed by atoms with Gasteiger partial charge in [-0.1, -0.05) is 0 Å². The quantitative estimate of drug-likeness (QED) is 0.633. The Kier molecular flexibility index (Phi) is 3.98. The molecule has 0 bridgehead atoms. The fourth-order valence-electron chi connectivity index (χ4n) is 1.62. The van der Waals surface area contributed by atoms with Gasteiger partial charge in [-0.2, -0.15) is 0 Å². The van der Waals surface area contributed by atoms with Crippen LogP contribution in [0.1, 0.15) is 16.8 Å². The van der Waals surface area contributed by atoms with Gasteiger partial charge in [-0.15, -0.1) is 11.3 Å². The van der Waals surface area contributed by atoms with Crippen molar-refractivity contribution in [1.82, 2.24) is 14.7 Å². The van der Waals surface area contributed by atoms with Crippen LogP contribution < -0.4 is 16.6 Å². The van der Waals surface area contributed by atoms with Crippen LogP contribution in [0.3, 0.4) is 0 Å². The highest BCUT2D eigenvalue weighted by Gasteiger charge is 2.24. The summed E-state index contributed by atoms with van der Waals surface area (Å²) in [4.78, 5) is 50.0. The molecular formula is C11H10N4O5S. The number of nitrogens with two attached hydrogens (primary N) is 1. The van der Waals surface area contributed by atoms with E-state index < -0.39 is 35.8 Å². The Morgan fingerprint density at radius 1 is 1.48 bits per heavy atom. The molecule has 0 saturated heterocycles. The first-order valence-electron chi connectivity index (χ1n) is 5.67. The summed E-state index contributed by atoms with van der Waals surface area (Å²) in [5.74, 6) is -3.24. The first kappa shape index (κ1) is 14.7. The number of primary amides is 1. The van der Waals surface area contributed by atoms with Crippen LogP contribution in [0.4, 0.5) is 0 Å². The van der Waals surface area contributed by atoms with Gasteiger partial charge in [0.05, 0.1) is 6.42 Å². The van der Waals surface area contributed by atoms with Gasteiger partial charge in [0.25, 0.3) is 11.5 Å². The van der Waals surface area contributed by atoms with Gasteiger partial charge < -0.3 is 16.2 Å². The van der Waals surface area contributed by atoms with Gasteiger partial charge >= 0.3 is 5.97 Å². The monoisotopic (exact) mass is 310 g/mol. The Hall–Kier alpha value is -2.75. The third-order valence-corrected chi connectivity index (χ3v) is 3.37. The lowest BCUT2D eigenvalue weighted by Gasteiger charge is -2.12. The Morgan fingerprint density at radius 3 is 2.81 bits per heavy atom. The number of amides is 2. The first-order chi connectivity index (χ1) is 9.90. The van der Waals surface area contributed by atoms with Crippen LogP contribution >= 0.6 is 11.3 Å². The number of carboxylic acid groups (broad SMARTS) is 1. The molecule has 0 saturated carbocycles. The summed E-state index contributed by atoms with van der Waals surface area (Å²) in [6.07, 6.45) is 1.94. The minimum absolute atomic E-state index is 0.318. The normalized spacial score (nSPS) is 12.0. The largest absolute Gasteiger partial charge is 0.480 e. The number of carbonyl (C=O) groups excluding carboxylic acids is 2. The molecule has 0 aliphatic carbocycles. The fourth-order valence-corrected chi connectivity index (χ4v) is 2.29. The third-order valence-electron chi connectivity index (χ3n) is 2.60. The van der Waals surface area contributed by atoms with E-state index in [1.54, 1.807) is 5.38 Å². The van der Waals surface area contributed by atoms with Crippen molar-refractivity contribution in [2.45, 2.75) is 12.5 Å². The molecule has 2 heterocycles. The average molecular weight is 310 g/mol. The molecule has 2 rings (SSSR count). The van der Waals surface area contributed by atoms with Crippen molar-refractivity contribution < 1.29 is 19.5 Å². The minimum atomic E-state index is -1.50. The molecule has 0 aliphatic rings. The molecule has 0 unspecified atom stereocenters. The Morgan fingerprint density at radius 2 is 2.19 bits per heavy atom. The van der Waals surface area contributed by atoms with Crippen LogP contribution in [0.25, 0.3) is 4.96 Å². The second kappa shape index (κ2) is 5.71. The molecule has 110 valence electrons. The van der Waals surface area contributed by atoms with E-state index in [4.69, 9.17) is 10.8 Å². The van der Waals surface area contributed by atoms with E-state index in [0.717, 1.165) is 6.20 Å². The lowest BCUT2D eigenvalue weighted by Crippen LogP contribution is -2.44. The number of carboxylic acids is 1. The van der Waals surface area contributed by atoms with E-state index in [9.17, 15) is 19.2 Å². The molecular weight excluding hydrogens is 300 g/mol. The van der Waals surface area contributed by atoms with Gasteiger partial charge in [-0.05, 0) is 0 Å². The molecule has 1 atom stereocenters. The number of aromatic nitrogens is 2. The Balaban J connectivity index is 2.29. The van der Waals surface area contributed by atoms with E-state index in [-0.39, 0.29) is 5.56 Å². The topological polar surface area (TPSA) is 144 Å². The SMILES string of the molecule is NC(=O)C[C@@H](NC(=O)c1cnc2sccn2c1=O)C(=O)O. The lowest BCUT2D eigenvalue weighted by atomic mass is 10.2. The van der Waals surface area contributed by atoms with Crippen molar-refractivity contribution in [3.05, 3.63) is 33.7 Å². The molecule has 2 aromatic rings. The number of nitrogens with zero attached hydrogens (tertiary/aromatic N) is 2.